The standard InChI is InChI=1S/C28H34N4O/c1-17-9-23(25-16-32-28(11-19(25)3)30-14-21-7-8-21)26(33-4)12-22(17)24-15-31-27(10-18(24)2)29-13-20-5-6-20/h9-12,15-16,20-21H,5-8,13-14H2,1-4H3,(H,29,31)(H,30,32). The predicted octanol–water partition coefficient (Wildman–Crippen LogP) is 6.39. The molecule has 2 N–H and O–H groups in total. The number of benzene rings is 1. The van der Waals surface area contributed by atoms with Gasteiger partial charge in [0.25, 0.3) is 0 Å². The van der Waals surface area contributed by atoms with E-state index >= 15 is 0 Å². The normalized spacial score (nSPS) is 15.4. The van der Waals surface area contributed by atoms with Crippen LogP contribution in [-0.4, -0.2) is 30.2 Å². The summed E-state index contributed by atoms with van der Waals surface area (Å²) < 4.78 is 5.85. The number of hydrogen-bond donors (Lipinski definition) is 2. The van der Waals surface area contributed by atoms with Crippen molar-refractivity contribution < 1.29 is 4.74 Å². The van der Waals surface area contributed by atoms with Gasteiger partial charge in [-0.3, -0.25) is 0 Å². The predicted molar refractivity (Wildman–Crippen MR) is 136 cm³/mol. The first-order valence-electron chi connectivity index (χ1n) is 12.1. The largest absolute Gasteiger partial charge is 0.496 e. The number of methoxy groups -OCH3 is 1. The highest BCUT2D eigenvalue weighted by atomic mass is 16.5. The average molecular weight is 443 g/mol. The molecular formula is C28H34N4O. The van der Waals surface area contributed by atoms with Crippen LogP contribution in [0.3, 0.4) is 0 Å². The van der Waals surface area contributed by atoms with Crippen LogP contribution < -0.4 is 15.4 Å². The molecule has 0 atom stereocenters. The Bertz CT molecular complexity index is 1160. The molecule has 0 radical (unpaired) electrons. The molecule has 33 heavy (non-hydrogen) atoms. The number of rotatable bonds is 9. The van der Waals surface area contributed by atoms with Gasteiger partial charge in [0, 0.05) is 42.2 Å². The minimum Gasteiger partial charge on any atom is -0.496 e. The maximum atomic E-state index is 5.85. The van der Waals surface area contributed by atoms with Crippen molar-refractivity contribution in [2.24, 2.45) is 11.8 Å². The second kappa shape index (κ2) is 9.05. The Morgan fingerprint density at radius 1 is 0.697 bits per heavy atom. The van der Waals surface area contributed by atoms with Gasteiger partial charge in [0.2, 0.25) is 0 Å². The molecule has 0 spiro atoms. The Kier molecular flexibility index (Phi) is 5.96. The fraction of sp³-hybridized carbons (Fsp3) is 0.429. The highest BCUT2D eigenvalue weighted by Gasteiger charge is 2.22. The van der Waals surface area contributed by atoms with Crippen LogP contribution in [0.4, 0.5) is 11.6 Å². The molecule has 1 aromatic carbocycles. The fourth-order valence-corrected chi connectivity index (χ4v) is 4.37. The Hall–Kier alpha value is -3.08. The Balaban J connectivity index is 1.42. The summed E-state index contributed by atoms with van der Waals surface area (Å²) >= 11 is 0. The van der Waals surface area contributed by atoms with Crippen LogP contribution in [0.15, 0.2) is 36.7 Å². The lowest BCUT2D eigenvalue weighted by atomic mass is 9.92. The SMILES string of the molecule is COc1cc(-c2cnc(NCC3CC3)cc2C)c(C)cc1-c1cnc(NCC2CC2)cc1C. The first-order valence-corrected chi connectivity index (χ1v) is 12.1. The van der Waals surface area contributed by atoms with Gasteiger partial charge in [-0.1, -0.05) is 0 Å². The first kappa shape index (κ1) is 21.7. The Labute approximate surface area is 197 Å². The molecule has 2 saturated carbocycles. The van der Waals surface area contributed by atoms with E-state index < -0.39 is 0 Å². The molecule has 5 heteroatoms. The molecule has 2 aromatic heterocycles. The molecule has 0 aliphatic heterocycles. The minimum absolute atomic E-state index is 0.822. The van der Waals surface area contributed by atoms with Gasteiger partial charge in [-0.05, 0) is 105 Å². The van der Waals surface area contributed by atoms with Gasteiger partial charge in [0.05, 0.1) is 7.11 Å². The van der Waals surface area contributed by atoms with E-state index in [2.05, 4.69) is 65.6 Å². The summed E-state index contributed by atoms with van der Waals surface area (Å²) in [4.78, 5) is 9.36. The zero-order chi connectivity index (χ0) is 22.9. The highest BCUT2D eigenvalue weighted by Crippen LogP contribution is 2.39. The number of nitrogens with one attached hydrogen (secondary N) is 2. The van der Waals surface area contributed by atoms with Gasteiger partial charge in [0.1, 0.15) is 17.4 Å². The summed E-state index contributed by atoms with van der Waals surface area (Å²) in [6.07, 6.45) is 9.30. The van der Waals surface area contributed by atoms with Crippen molar-refractivity contribution in [3.05, 3.63) is 53.3 Å². The lowest BCUT2D eigenvalue weighted by Gasteiger charge is -2.17. The van der Waals surface area contributed by atoms with Crippen molar-refractivity contribution >= 4 is 11.6 Å². The second-order valence-corrected chi connectivity index (χ2v) is 9.78. The smallest absolute Gasteiger partial charge is 0.127 e. The van der Waals surface area contributed by atoms with Gasteiger partial charge in [0.15, 0.2) is 0 Å². The van der Waals surface area contributed by atoms with Gasteiger partial charge >= 0.3 is 0 Å². The van der Waals surface area contributed by atoms with Crippen molar-refractivity contribution in [1.82, 2.24) is 9.97 Å². The first-order chi connectivity index (χ1) is 16.0. The molecular weight excluding hydrogens is 408 g/mol. The maximum absolute atomic E-state index is 5.85. The number of aromatic nitrogens is 2. The van der Waals surface area contributed by atoms with E-state index in [1.807, 2.05) is 12.4 Å². The topological polar surface area (TPSA) is 59.1 Å². The molecule has 2 aliphatic rings. The zero-order valence-electron chi connectivity index (χ0n) is 20.2. The lowest BCUT2D eigenvalue weighted by Crippen LogP contribution is -2.05. The summed E-state index contributed by atoms with van der Waals surface area (Å²) in [7, 11) is 1.74. The Morgan fingerprint density at radius 2 is 1.18 bits per heavy atom. The van der Waals surface area contributed by atoms with Crippen molar-refractivity contribution in [3.63, 3.8) is 0 Å². The van der Waals surface area contributed by atoms with E-state index in [0.29, 0.717) is 0 Å². The van der Waals surface area contributed by atoms with Gasteiger partial charge in [-0.25, -0.2) is 9.97 Å². The van der Waals surface area contributed by atoms with Gasteiger partial charge in [-0.2, -0.15) is 0 Å². The number of aryl methyl sites for hydroxylation is 3. The summed E-state index contributed by atoms with van der Waals surface area (Å²) in [5, 5.41) is 6.95. The third-order valence-corrected chi connectivity index (χ3v) is 6.89. The number of nitrogens with zero attached hydrogens (tertiary/aromatic N) is 2. The van der Waals surface area contributed by atoms with E-state index in [-0.39, 0.29) is 0 Å². The lowest BCUT2D eigenvalue weighted by molar-refractivity contribution is 0.416. The third-order valence-electron chi connectivity index (χ3n) is 6.89. The van der Waals surface area contributed by atoms with Crippen LogP contribution in [0.25, 0.3) is 22.3 Å². The number of ether oxygens (including phenoxy) is 1. The number of hydrogen-bond acceptors (Lipinski definition) is 5. The third kappa shape index (κ3) is 4.97. The van der Waals surface area contributed by atoms with Crippen LogP contribution in [0.1, 0.15) is 42.4 Å². The van der Waals surface area contributed by atoms with Crippen molar-refractivity contribution in [3.8, 4) is 28.0 Å². The van der Waals surface area contributed by atoms with Crippen LogP contribution in [0, 0.1) is 32.6 Å². The summed E-state index contributed by atoms with van der Waals surface area (Å²) in [6.45, 7) is 8.50. The molecule has 3 aromatic rings. The van der Waals surface area contributed by atoms with Gasteiger partial charge < -0.3 is 15.4 Å². The van der Waals surface area contributed by atoms with E-state index in [4.69, 9.17) is 4.74 Å². The van der Waals surface area contributed by atoms with Crippen molar-refractivity contribution in [2.45, 2.75) is 46.5 Å². The molecule has 2 heterocycles. The van der Waals surface area contributed by atoms with Crippen LogP contribution in [0.2, 0.25) is 0 Å². The Morgan fingerprint density at radius 3 is 1.64 bits per heavy atom. The van der Waals surface area contributed by atoms with E-state index in [0.717, 1.165) is 64.6 Å². The molecule has 5 nitrogen and oxygen atoms in total. The highest BCUT2D eigenvalue weighted by molar-refractivity contribution is 5.81. The van der Waals surface area contributed by atoms with E-state index in [1.165, 1.54) is 42.4 Å². The number of pyridine rings is 2. The fourth-order valence-electron chi connectivity index (χ4n) is 4.37. The molecule has 0 saturated heterocycles. The van der Waals surface area contributed by atoms with Crippen LogP contribution in [0.5, 0.6) is 5.75 Å². The molecule has 2 aliphatic carbocycles. The van der Waals surface area contributed by atoms with E-state index in [1.54, 1.807) is 7.11 Å². The van der Waals surface area contributed by atoms with Crippen molar-refractivity contribution in [2.75, 3.05) is 30.8 Å². The second-order valence-electron chi connectivity index (χ2n) is 9.78. The summed E-state index contributed by atoms with van der Waals surface area (Å²) in [5.41, 5.74) is 8.08. The van der Waals surface area contributed by atoms with Crippen LogP contribution in [-0.2, 0) is 0 Å². The summed E-state index contributed by atoms with van der Waals surface area (Å²) in [5.74, 6) is 4.42. The molecule has 0 unspecified atom stereocenters. The minimum atomic E-state index is 0.822. The zero-order valence-corrected chi connectivity index (χ0v) is 20.2. The van der Waals surface area contributed by atoms with Gasteiger partial charge in [-0.15, -0.1) is 0 Å². The summed E-state index contributed by atoms with van der Waals surface area (Å²) in [6, 6.07) is 8.65. The van der Waals surface area contributed by atoms with Crippen LogP contribution >= 0.6 is 0 Å². The molecule has 0 bridgehead atoms. The van der Waals surface area contributed by atoms with E-state index in [9.17, 15) is 0 Å². The number of anilines is 2. The van der Waals surface area contributed by atoms with Crippen molar-refractivity contribution in [1.29, 1.82) is 0 Å². The molecule has 0 amide bonds. The molecule has 5 rings (SSSR count). The monoisotopic (exact) mass is 442 g/mol. The molecule has 2 fully saturated rings. The molecule has 172 valence electrons. The quantitative estimate of drug-likeness (QED) is 0.402. The maximum Gasteiger partial charge on any atom is 0.127 e. The average Bonchev–Trinajstić information content (AvgIpc) is 3.72.